The molecule has 0 aromatic carbocycles. The molecule has 0 fully saturated rings. The molecule has 0 bridgehead atoms. The van der Waals surface area contributed by atoms with Crippen LogP contribution in [0, 0.1) is 12.3 Å². The van der Waals surface area contributed by atoms with Crippen molar-refractivity contribution in [1.82, 2.24) is 0 Å². The van der Waals surface area contributed by atoms with Gasteiger partial charge in [-0.05, 0) is 18.4 Å². The van der Waals surface area contributed by atoms with Crippen LogP contribution in [0.1, 0.15) is 13.3 Å². The van der Waals surface area contributed by atoms with E-state index in [-0.39, 0.29) is 5.97 Å². The molecule has 0 atom stereocenters. The lowest BCUT2D eigenvalue weighted by atomic mass is 10.2. The van der Waals surface area contributed by atoms with Crippen LogP contribution in [-0.2, 0) is 9.53 Å². The van der Waals surface area contributed by atoms with E-state index in [2.05, 4.69) is 10.7 Å². The molecule has 1 aliphatic heterocycles. The lowest BCUT2D eigenvalue weighted by Gasteiger charge is -1.88. The first-order chi connectivity index (χ1) is 4.24. The minimum absolute atomic E-state index is 0.250. The summed E-state index contributed by atoms with van der Waals surface area (Å²) in [6.45, 7) is 1.79. The van der Waals surface area contributed by atoms with Gasteiger partial charge in [0.25, 0.3) is 0 Å². The lowest BCUT2D eigenvalue weighted by molar-refractivity contribution is -0.136. The number of carbonyl (C=O) groups excluding carboxylic acids is 1. The van der Waals surface area contributed by atoms with E-state index in [4.69, 9.17) is 6.42 Å². The molecule has 0 saturated carbocycles. The molecular formula is C7H6O2. The van der Waals surface area contributed by atoms with Crippen molar-refractivity contribution >= 4 is 5.97 Å². The van der Waals surface area contributed by atoms with E-state index in [9.17, 15) is 4.79 Å². The van der Waals surface area contributed by atoms with E-state index in [0.29, 0.717) is 12.2 Å². The van der Waals surface area contributed by atoms with Crippen molar-refractivity contribution in [3.05, 3.63) is 11.3 Å². The highest BCUT2D eigenvalue weighted by Gasteiger charge is 2.17. The average molecular weight is 122 g/mol. The average Bonchev–Trinajstić information content (AvgIpc) is 2.10. The highest BCUT2D eigenvalue weighted by Crippen LogP contribution is 2.17. The first-order valence-corrected chi connectivity index (χ1v) is 2.61. The summed E-state index contributed by atoms with van der Waals surface area (Å²) in [5, 5.41) is 0. The predicted octanol–water partition coefficient (Wildman–Crippen LogP) is 0.841. The van der Waals surface area contributed by atoms with Gasteiger partial charge in [0.1, 0.15) is 0 Å². The predicted molar refractivity (Wildman–Crippen MR) is 32.2 cm³/mol. The largest absolute Gasteiger partial charge is 0.417 e. The van der Waals surface area contributed by atoms with Gasteiger partial charge in [0.2, 0.25) is 0 Å². The van der Waals surface area contributed by atoms with Crippen LogP contribution in [0.3, 0.4) is 0 Å². The first-order valence-electron chi connectivity index (χ1n) is 2.61. The number of hydrogen-bond acceptors (Lipinski definition) is 2. The summed E-state index contributed by atoms with van der Waals surface area (Å²) in [5.74, 6) is 2.42. The van der Waals surface area contributed by atoms with Crippen LogP contribution in [0.2, 0.25) is 0 Å². The van der Waals surface area contributed by atoms with Gasteiger partial charge < -0.3 is 4.74 Å². The van der Waals surface area contributed by atoms with Crippen LogP contribution < -0.4 is 0 Å². The van der Waals surface area contributed by atoms with E-state index in [0.717, 1.165) is 5.57 Å². The Morgan fingerprint density at radius 3 is 2.67 bits per heavy atom. The van der Waals surface area contributed by atoms with Crippen molar-refractivity contribution in [2.45, 2.75) is 13.3 Å². The summed E-state index contributed by atoms with van der Waals surface area (Å²) in [6.07, 6.45) is 5.35. The molecule has 46 valence electrons. The number of allylic oxidation sites excluding steroid dienone is 1. The van der Waals surface area contributed by atoms with E-state index in [1.165, 1.54) is 0 Å². The van der Waals surface area contributed by atoms with Crippen molar-refractivity contribution in [2.75, 3.05) is 0 Å². The molecule has 0 aromatic rings. The molecule has 0 amide bonds. The second kappa shape index (κ2) is 1.94. The molecule has 2 nitrogen and oxygen atoms in total. The summed E-state index contributed by atoms with van der Waals surface area (Å²) in [4.78, 5) is 10.5. The van der Waals surface area contributed by atoms with Crippen LogP contribution in [0.5, 0.6) is 0 Å². The van der Waals surface area contributed by atoms with Gasteiger partial charge in [-0.3, -0.25) is 4.79 Å². The van der Waals surface area contributed by atoms with E-state index >= 15 is 0 Å². The Morgan fingerprint density at radius 2 is 2.44 bits per heavy atom. The Morgan fingerprint density at radius 1 is 1.78 bits per heavy atom. The molecular weight excluding hydrogens is 116 g/mol. The zero-order valence-electron chi connectivity index (χ0n) is 5.10. The zero-order valence-corrected chi connectivity index (χ0v) is 5.10. The van der Waals surface area contributed by atoms with Gasteiger partial charge in [-0.25, -0.2) is 0 Å². The number of terminal acetylenes is 1. The second-order valence-corrected chi connectivity index (χ2v) is 1.90. The van der Waals surface area contributed by atoms with Crippen LogP contribution >= 0.6 is 0 Å². The smallest absolute Gasteiger partial charge is 0.316 e. The topological polar surface area (TPSA) is 26.3 Å². The number of rotatable bonds is 0. The molecule has 0 N–H and O–H groups in total. The molecule has 0 radical (unpaired) electrons. The summed E-state index contributed by atoms with van der Waals surface area (Å²) < 4.78 is 4.63. The Kier molecular flexibility index (Phi) is 1.27. The first kappa shape index (κ1) is 5.90. The van der Waals surface area contributed by atoms with Gasteiger partial charge in [-0.1, -0.05) is 0 Å². The third-order valence-corrected chi connectivity index (χ3v) is 1.14. The lowest BCUT2D eigenvalue weighted by Crippen LogP contribution is -1.91. The van der Waals surface area contributed by atoms with Gasteiger partial charge in [-0.2, -0.15) is 0 Å². The van der Waals surface area contributed by atoms with Crippen LogP contribution in [0.15, 0.2) is 11.3 Å². The minimum Gasteiger partial charge on any atom is -0.417 e. The molecule has 1 rings (SSSR count). The fourth-order valence-electron chi connectivity index (χ4n) is 0.686. The summed E-state index contributed by atoms with van der Waals surface area (Å²) >= 11 is 0. The summed E-state index contributed by atoms with van der Waals surface area (Å²) in [6, 6.07) is 0. The van der Waals surface area contributed by atoms with Crippen molar-refractivity contribution in [2.24, 2.45) is 0 Å². The Labute approximate surface area is 53.5 Å². The Balaban J connectivity index is 2.84. The van der Waals surface area contributed by atoms with E-state index in [1.807, 2.05) is 0 Å². The van der Waals surface area contributed by atoms with Crippen molar-refractivity contribution in [1.29, 1.82) is 0 Å². The summed E-state index contributed by atoms with van der Waals surface area (Å²) in [7, 11) is 0. The quantitative estimate of drug-likeness (QED) is 0.351. The molecule has 2 heteroatoms. The molecule has 0 aliphatic carbocycles. The number of esters is 1. The second-order valence-electron chi connectivity index (χ2n) is 1.90. The van der Waals surface area contributed by atoms with Gasteiger partial charge in [0, 0.05) is 0 Å². The number of carbonyl (C=O) groups is 1. The van der Waals surface area contributed by atoms with Gasteiger partial charge in [0.15, 0.2) is 5.76 Å². The number of ether oxygens (including phenoxy) is 1. The minimum atomic E-state index is -0.250. The molecule has 1 heterocycles. The van der Waals surface area contributed by atoms with E-state index in [1.54, 1.807) is 6.92 Å². The fourth-order valence-corrected chi connectivity index (χ4v) is 0.686. The molecule has 0 aromatic heterocycles. The van der Waals surface area contributed by atoms with Crippen molar-refractivity contribution in [3.8, 4) is 12.3 Å². The monoisotopic (exact) mass is 122 g/mol. The summed E-state index contributed by atoms with van der Waals surface area (Å²) in [5.41, 5.74) is 0.850. The third-order valence-electron chi connectivity index (χ3n) is 1.14. The maximum absolute atomic E-state index is 10.5. The number of cyclic esters (lactones) is 1. The maximum atomic E-state index is 10.5. The Hall–Kier alpha value is -1.23. The molecule has 1 aliphatic rings. The van der Waals surface area contributed by atoms with Gasteiger partial charge in [0.05, 0.1) is 6.42 Å². The van der Waals surface area contributed by atoms with Crippen LogP contribution in [-0.4, -0.2) is 5.97 Å². The molecule has 0 unspecified atom stereocenters. The van der Waals surface area contributed by atoms with Gasteiger partial charge in [-0.15, -0.1) is 6.42 Å². The molecule has 9 heavy (non-hydrogen) atoms. The highest BCUT2D eigenvalue weighted by molar-refractivity contribution is 5.77. The number of hydrogen-bond donors (Lipinski definition) is 0. The Bertz CT molecular complexity index is 218. The third kappa shape index (κ3) is 0.945. The van der Waals surface area contributed by atoms with Crippen molar-refractivity contribution in [3.63, 3.8) is 0 Å². The zero-order chi connectivity index (χ0) is 6.85. The van der Waals surface area contributed by atoms with Gasteiger partial charge >= 0.3 is 5.97 Å². The molecule has 0 saturated heterocycles. The maximum Gasteiger partial charge on any atom is 0.316 e. The normalized spacial score (nSPS) is 17.6. The standard InChI is InChI=1S/C7H6O2/c1-3-6-5(2)4-7(8)9-6/h1H,4H2,2H3. The van der Waals surface area contributed by atoms with E-state index < -0.39 is 0 Å². The SMILES string of the molecule is C#CC1=C(C)CC(=O)O1. The fraction of sp³-hybridized carbons (Fsp3) is 0.286. The van der Waals surface area contributed by atoms with Crippen LogP contribution in [0.25, 0.3) is 0 Å². The van der Waals surface area contributed by atoms with Crippen LogP contribution in [0.4, 0.5) is 0 Å². The highest BCUT2D eigenvalue weighted by atomic mass is 16.5. The van der Waals surface area contributed by atoms with Crippen molar-refractivity contribution < 1.29 is 9.53 Å². The molecule has 0 spiro atoms.